The van der Waals surface area contributed by atoms with Crippen LogP contribution in [0.25, 0.3) is 0 Å². The van der Waals surface area contributed by atoms with Gasteiger partial charge in [-0.1, -0.05) is 40.0 Å². The summed E-state index contributed by atoms with van der Waals surface area (Å²) in [6, 6.07) is 3.86. The van der Waals surface area contributed by atoms with Gasteiger partial charge in [-0.15, -0.1) is 0 Å². The monoisotopic (exact) mass is 269 g/mol. The standard InChI is InChI=1S/C16H25F2N/c1-4-7-8-12(5-2)16(19-6-3)13-9-14(17)11-15(18)10-13/h9-12,16,19H,4-8H2,1-3H3. The Labute approximate surface area is 115 Å². The summed E-state index contributed by atoms with van der Waals surface area (Å²) in [4.78, 5) is 0. The average molecular weight is 269 g/mol. The Morgan fingerprint density at radius 2 is 1.68 bits per heavy atom. The van der Waals surface area contributed by atoms with E-state index >= 15 is 0 Å². The maximum atomic E-state index is 13.4. The van der Waals surface area contributed by atoms with Crippen molar-refractivity contribution in [2.75, 3.05) is 6.54 Å². The first kappa shape index (κ1) is 16.1. The highest BCUT2D eigenvalue weighted by Crippen LogP contribution is 2.29. The molecule has 1 N–H and O–H groups in total. The van der Waals surface area contributed by atoms with Gasteiger partial charge in [0.2, 0.25) is 0 Å². The Bertz CT molecular complexity index is 359. The molecule has 19 heavy (non-hydrogen) atoms. The minimum atomic E-state index is -0.497. The van der Waals surface area contributed by atoms with Gasteiger partial charge in [0.1, 0.15) is 11.6 Å². The molecule has 0 amide bonds. The van der Waals surface area contributed by atoms with Crippen molar-refractivity contribution in [3.63, 3.8) is 0 Å². The van der Waals surface area contributed by atoms with Gasteiger partial charge >= 0.3 is 0 Å². The lowest BCUT2D eigenvalue weighted by atomic mass is 9.86. The number of rotatable bonds is 8. The molecule has 0 aliphatic heterocycles. The Morgan fingerprint density at radius 1 is 1.05 bits per heavy atom. The molecular weight excluding hydrogens is 244 g/mol. The van der Waals surface area contributed by atoms with E-state index in [0.29, 0.717) is 5.92 Å². The fourth-order valence-corrected chi connectivity index (χ4v) is 2.60. The van der Waals surface area contributed by atoms with Gasteiger partial charge < -0.3 is 5.32 Å². The van der Waals surface area contributed by atoms with Gasteiger partial charge in [-0.3, -0.25) is 0 Å². The van der Waals surface area contributed by atoms with Crippen LogP contribution < -0.4 is 5.32 Å². The second kappa shape index (κ2) is 8.26. The lowest BCUT2D eigenvalue weighted by molar-refractivity contribution is 0.326. The fraction of sp³-hybridized carbons (Fsp3) is 0.625. The summed E-state index contributed by atoms with van der Waals surface area (Å²) in [5.74, 6) is -0.576. The van der Waals surface area contributed by atoms with Crippen LogP contribution in [0.4, 0.5) is 8.78 Å². The lowest BCUT2D eigenvalue weighted by Gasteiger charge is -2.27. The summed E-state index contributed by atoms with van der Waals surface area (Å²) in [6.45, 7) is 7.12. The summed E-state index contributed by atoms with van der Waals surface area (Å²) >= 11 is 0. The van der Waals surface area contributed by atoms with Crippen LogP contribution in [0, 0.1) is 17.6 Å². The second-order valence-electron chi connectivity index (χ2n) is 5.05. The zero-order chi connectivity index (χ0) is 14.3. The molecule has 0 saturated heterocycles. The summed E-state index contributed by atoms with van der Waals surface area (Å²) in [6.07, 6.45) is 4.39. The summed E-state index contributed by atoms with van der Waals surface area (Å²) in [5.41, 5.74) is 0.724. The molecule has 0 heterocycles. The van der Waals surface area contributed by atoms with Crippen LogP contribution in [-0.4, -0.2) is 6.54 Å². The number of nitrogens with one attached hydrogen (secondary N) is 1. The third-order valence-corrected chi connectivity index (χ3v) is 3.59. The van der Waals surface area contributed by atoms with E-state index in [9.17, 15) is 8.78 Å². The minimum absolute atomic E-state index is 0.0340. The van der Waals surface area contributed by atoms with E-state index in [-0.39, 0.29) is 6.04 Å². The van der Waals surface area contributed by atoms with Gasteiger partial charge in [-0.2, -0.15) is 0 Å². The van der Waals surface area contributed by atoms with Gasteiger partial charge in [0.15, 0.2) is 0 Å². The highest BCUT2D eigenvalue weighted by atomic mass is 19.1. The van der Waals surface area contributed by atoms with Crippen molar-refractivity contribution in [1.29, 1.82) is 0 Å². The molecule has 1 aromatic rings. The lowest BCUT2D eigenvalue weighted by Crippen LogP contribution is -2.28. The molecule has 0 spiro atoms. The highest BCUT2D eigenvalue weighted by molar-refractivity contribution is 5.22. The molecular formula is C16H25F2N. The van der Waals surface area contributed by atoms with Gasteiger partial charge in [-0.05, 0) is 36.6 Å². The van der Waals surface area contributed by atoms with E-state index in [2.05, 4.69) is 19.2 Å². The Hall–Kier alpha value is -0.960. The largest absolute Gasteiger partial charge is 0.310 e. The normalized spacial score (nSPS) is 14.4. The Balaban J connectivity index is 2.96. The first-order valence-electron chi connectivity index (χ1n) is 7.31. The van der Waals surface area contributed by atoms with E-state index in [4.69, 9.17) is 0 Å². The van der Waals surface area contributed by atoms with Gasteiger partial charge in [-0.25, -0.2) is 8.78 Å². The zero-order valence-corrected chi connectivity index (χ0v) is 12.2. The molecule has 2 unspecified atom stereocenters. The van der Waals surface area contributed by atoms with E-state index in [0.717, 1.165) is 43.9 Å². The van der Waals surface area contributed by atoms with Crippen LogP contribution in [0.5, 0.6) is 0 Å². The minimum Gasteiger partial charge on any atom is -0.310 e. The van der Waals surface area contributed by atoms with Crippen LogP contribution in [0.2, 0.25) is 0 Å². The molecule has 108 valence electrons. The van der Waals surface area contributed by atoms with Crippen molar-refractivity contribution >= 4 is 0 Å². The van der Waals surface area contributed by atoms with Crippen molar-refractivity contribution < 1.29 is 8.78 Å². The average Bonchev–Trinajstić information content (AvgIpc) is 2.37. The van der Waals surface area contributed by atoms with E-state index in [1.54, 1.807) is 0 Å². The van der Waals surface area contributed by atoms with Crippen molar-refractivity contribution in [3.05, 3.63) is 35.4 Å². The summed E-state index contributed by atoms with van der Waals surface area (Å²) < 4.78 is 26.8. The van der Waals surface area contributed by atoms with Gasteiger partial charge in [0.05, 0.1) is 0 Å². The predicted octanol–water partition coefficient (Wildman–Crippen LogP) is 4.83. The Morgan fingerprint density at radius 3 is 2.16 bits per heavy atom. The molecule has 1 aromatic carbocycles. The molecule has 0 fully saturated rings. The molecule has 1 nitrogen and oxygen atoms in total. The van der Waals surface area contributed by atoms with Crippen LogP contribution >= 0.6 is 0 Å². The molecule has 0 saturated carbocycles. The predicted molar refractivity (Wildman–Crippen MR) is 76.1 cm³/mol. The van der Waals surface area contributed by atoms with E-state index < -0.39 is 11.6 Å². The van der Waals surface area contributed by atoms with Crippen LogP contribution in [0.3, 0.4) is 0 Å². The maximum absolute atomic E-state index is 13.4. The molecule has 0 aliphatic carbocycles. The zero-order valence-electron chi connectivity index (χ0n) is 12.2. The topological polar surface area (TPSA) is 12.0 Å². The maximum Gasteiger partial charge on any atom is 0.126 e. The molecule has 2 atom stereocenters. The van der Waals surface area contributed by atoms with Crippen molar-refractivity contribution in [3.8, 4) is 0 Å². The van der Waals surface area contributed by atoms with E-state index in [1.165, 1.54) is 12.1 Å². The molecule has 0 aromatic heterocycles. The highest BCUT2D eigenvalue weighted by Gasteiger charge is 2.21. The van der Waals surface area contributed by atoms with Crippen molar-refractivity contribution in [2.45, 2.75) is 52.5 Å². The Kier molecular flexibility index (Phi) is 7.00. The number of hydrogen-bond acceptors (Lipinski definition) is 1. The number of unbranched alkanes of at least 4 members (excludes halogenated alkanes) is 1. The SMILES string of the molecule is CCCCC(CC)C(NCC)c1cc(F)cc(F)c1. The second-order valence-corrected chi connectivity index (χ2v) is 5.05. The smallest absolute Gasteiger partial charge is 0.126 e. The summed E-state index contributed by atoms with van der Waals surface area (Å²) in [7, 11) is 0. The summed E-state index contributed by atoms with van der Waals surface area (Å²) in [5, 5.41) is 3.38. The molecule has 0 bridgehead atoms. The number of halogens is 2. The third kappa shape index (κ3) is 4.90. The fourth-order valence-electron chi connectivity index (χ4n) is 2.60. The number of benzene rings is 1. The van der Waals surface area contributed by atoms with Crippen LogP contribution in [0.1, 0.15) is 58.1 Å². The van der Waals surface area contributed by atoms with Crippen molar-refractivity contribution in [1.82, 2.24) is 5.32 Å². The molecule has 1 rings (SSSR count). The van der Waals surface area contributed by atoms with Gasteiger partial charge in [0.25, 0.3) is 0 Å². The quantitative estimate of drug-likeness (QED) is 0.712. The third-order valence-electron chi connectivity index (χ3n) is 3.59. The van der Waals surface area contributed by atoms with Crippen molar-refractivity contribution in [2.24, 2.45) is 5.92 Å². The van der Waals surface area contributed by atoms with Gasteiger partial charge in [0, 0.05) is 12.1 Å². The van der Waals surface area contributed by atoms with Crippen LogP contribution in [0.15, 0.2) is 18.2 Å². The van der Waals surface area contributed by atoms with Crippen LogP contribution in [-0.2, 0) is 0 Å². The first-order chi connectivity index (χ1) is 9.12. The van der Waals surface area contributed by atoms with E-state index in [1.807, 2.05) is 6.92 Å². The number of hydrogen-bond donors (Lipinski definition) is 1. The molecule has 0 aliphatic rings. The molecule has 0 radical (unpaired) electrons. The first-order valence-corrected chi connectivity index (χ1v) is 7.31. The molecule has 3 heteroatoms.